The van der Waals surface area contributed by atoms with Crippen LogP contribution >= 0.6 is 12.4 Å². The summed E-state index contributed by atoms with van der Waals surface area (Å²) >= 11 is 0. The van der Waals surface area contributed by atoms with E-state index in [4.69, 9.17) is 20.6 Å². The molecule has 0 aliphatic carbocycles. The van der Waals surface area contributed by atoms with E-state index in [1.54, 1.807) is 30.3 Å². The van der Waals surface area contributed by atoms with Crippen LogP contribution < -0.4 is 10.5 Å². The number of ether oxygens (including phenoxy) is 2. The van der Waals surface area contributed by atoms with Gasteiger partial charge in [0.15, 0.2) is 9.84 Å². The second-order valence-corrected chi connectivity index (χ2v) is 11.5. The first-order valence-corrected chi connectivity index (χ1v) is 14.2. The maximum Gasteiger partial charge on any atom is 0.306 e. The fourth-order valence-electron chi connectivity index (χ4n) is 4.62. The van der Waals surface area contributed by atoms with Crippen LogP contribution in [0.25, 0.3) is 11.1 Å². The Kier molecular flexibility index (Phi) is 10.3. The fourth-order valence-corrected chi connectivity index (χ4v) is 5.86. The molecule has 1 heterocycles. The maximum absolute atomic E-state index is 13.1. The van der Waals surface area contributed by atoms with Crippen molar-refractivity contribution in [2.45, 2.75) is 23.8 Å². The highest BCUT2D eigenvalue weighted by Crippen LogP contribution is 2.29. The molecule has 0 radical (unpaired) electrons. The fraction of sp³-hybridized carbons (Fsp3) is 0.276. The zero-order valence-corrected chi connectivity index (χ0v) is 23.6. The van der Waals surface area contributed by atoms with Crippen molar-refractivity contribution in [2.75, 3.05) is 26.0 Å². The van der Waals surface area contributed by atoms with E-state index in [0.29, 0.717) is 17.7 Å². The lowest BCUT2D eigenvalue weighted by molar-refractivity contribution is -0.144. The molecule has 0 spiro atoms. The molecule has 1 aliphatic rings. The number of nitrogens with zero attached hydrogens (tertiary/aromatic N) is 1. The van der Waals surface area contributed by atoms with Crippen LogP contribution in [0.3, 0.4) is 0 Å². The molecule has 1 fully saturated rings. The van der Waals surface area contributed by atoms with Crippen LogP contribution in [0.4, 0.5) is 0 Å². The molecule has 3 aromatic rings. The molecule has 11 heteroatoms. The SMILES string of the molecule is COC(=O)C[C@@H]1C[C@@H](COc2ccc(-c3ccc(C(=N)N)cc3)cc2)N(CCS(=O)(=O)c2ccccc2)C1=O.Cl. The molecule has 0 saturated carbocycles. The second-order valence-electron chi connectivity index (χ2n) is 9.36. The summed E-state index contributed by atoms with van der Waals surface area (Å²) in [5.74, 6) is -0.983. The van der Waals surface area contributed by atoms with Crippen molar-refractivity contribution >= 4 is 40.0 Å². The number of hydrogen-bond acceptors (Lipinski definition) is 7. The number of carbonyl (C=O) groups excluding carboxylic acids is 2. The molecular formula is C29H32ClN3O6S. The van der Waals surface area contributed by atoms with Crippen molar-refractivity contribution < 1.29 is 27.5 Å². The van der Waals surface area contributed by atoms with E-state index in [1.807, 2.05) is 36.4 Å². The van der Waals surface area contributed by atoms with Gasteiger partial charge in [0.1, 0.15) is 18.2 Å². The Labute approximate surface area is 240 Å². The number of amides is 1. The molecule has 2 atom stereocenters. The molecule has 0 aromatic heterocycles. The lowest BCUT2D eigenvalue weighted by Crippen LogP contribution is -2.40. The third-order valence-electron chi connectivity index (χ3n) is 6.80. The lowest BCUT2D eigenvalue weighted by Gasteiger charge is -2.25. The number of halogens is 1. The van der Waals surface area contributed by atoms with Gasteiger partial charge in [-0.3, -0.25) is 15.0 Å². The number of likely N-dealkylation sites (tertiary alicyclic amines) is 1. The number of carbonyl (C=O) groups is 2. The average Bonchev–Trinajstić information content (AvgIpc) is 3.25. The Bertz CT molecular complexity index is 1430. The number of nitrogen functional groups attached to an aromatic ring is 1. The van der Waals surface area contributed by atoms with Gasteiger partial charge in [0, 0.05) is 12.1 Å². The zero-order chi connectivity index (χ0) is 28.0. The highest BCUT2D eigenvalue weighted by atomic mass is 35.5. The van der Waals surface area contributed by atoms with E-state index in [2.05, 4.69) is 0 Å². The molecule has 1 aliphatic heterocycles. The first kappa shape index (κ1) is 30.6. The smallest absolute Gasteiger partial charge is 0.306 e. The molecule has 1 saturated heterocycles. The third-order valence-corrected chi connectivity index (χ3v) is 8.51. The second kappa shape index (κ2) is 13.5. The minimum Gasteiger partial charge on any atom is -0.491 e. The highest BCUT2D eigenvalue weighted by molar-refractivity contribution is 7.91. The van der Waals surface area contributed by atoms with Crippen LogP contribution in [0.2, 0.25) is 0 Å². The van der Waals surface area contributed by atoms with E-state index in [-0.39, 0.29) is 54.4 Å². The number of rotatable bonds is 11. The molecule has 212 valence electrons. The van der Waals surface area contributed by atoms with Gasteiger partial charge in [-0.25, -0.2) is 8.42 Å². The summed E-state index contributed by atoms with van der Waals surface area (Å²) in [6.07, 6.45) is 0.296. The monoisotopic (exact) mass is 585 g/mol. The average molecular weight is 586 g/mol. The highest BCUT2D eigenvalue weighted by Gasteiger charge is 2.41. The Morgan fingerprint density at radius 3 is 2.17 bits per heavy atom. The first-order chi connectivity index (χ1) is 18.7. The number of amidine groups is 1. The Morgan fingerprint density at radius 1 is 1.00 bits per heavy atom. The van der Waals surface area contributed by atoms with Crippen molar-refractivity contribution in [3.8, 4) is 16.9 Å². The third kappa shape index (κ3) is 7.40. The number of nitrogens with two attached hydrogens (primary N) is 1. The minimum absolute atomic E-state index is 0. The quantitative estimate of drug-likeness (QED) is 0.199. The predicted octanol–water partition coefficient (Wildman–Crippen LogP) is 3.69. The molecule has 0 bridgehead atoms. The van der Waals surface area contributed by atoms with Crippen LogP contribution in [0, 0.1) is 11.3 Å². The zero-order valence-electron chi connectivity index (χ0n) is 22.0. The molecule has 0 unspecified atom stereocenters. The van der Waals surface area contributed by atoms with E-state index in [9.17, 15) is 18.0 Å². The summed E-state index contributed by atoms with van der Waals surface area (Å²) in [4.78, 5) is 26.7. The number of benzene rings is 3. The van der Waals surface area contributed by atoms with Gasteiger partial charge in [-0.1, -0.05) is 54.6 Å². The largest absolute Gasteiger partial charge is 0.491 e. The van der Waals surface area contributed by atoms with Crippen molar-refractivity contribution in [3.63, 3.8) is 0 Å². The van der Waals surface area contributed by atoms with Crippen molar-refractivity contribution in [1.82, 2.24) is 4.90 Å². The van der Waals surface area contributed by atoms with Crippen molar-refractivity contribution in [2.24, 2.45) is 11.7 Å². The molecule has 1 amide bonds. The van der Waals surface area contributed by atoms with Crippen LogP contribution in [-0.2, 0) is 24.2 Å². The van der Waals surface area contributed by atoms with Gasteiger partial charge in [-0.15, -0.1) is 12.4 Å². The molecule has 40 heavy (non-hydrogen) atoms. The maximum atomic E-state index is 13.1. The number of esters is 1. The first-order valence-electron chi connectivity index (χ1n) is 12.5. The minimum atomic E-state index is -3.59. The number of hydrogen-bond donors (Lipinski definition) is 2. The number of nitrogens with one attached hydrogen (secondary N) is 1. The molecule has 4 rings (SSSR count). The van der Waals surface area contributed by atoms with E-state index >= 15 is 0 Å². The summed E-state index contributed by atoms with van der Waals surface area (Å²) in [6.45, 7) is 0.151. The molecular weight excluding hydrogens is 554 g/mol. The molecule has 3 N–H and O–H groups in total. The normalized spacial score (nSPS) is 16.7. The van der Waals surface area contributed by atoms with Crippen LogP contribution in [0.15, 0.2) is 83.8 Å². The van der Waals surface area contributed by atoms with Gasteiger partial charge in [0.05, 0.1) is 36.1 Å². The van der Waals surface area contributed by atoms with Crippen LogP contribution in [-0.4, -0.2) is 63.1 Å². The predicted molar refractivity (Wildman–Crippen MR) is 154 cm³/mol. The van der Waals surface area contributed by atoms with Crippen molar-refractivity contribution in [3.05, 3.63) is 84.4 Å². The van der Waals surface area contributed by atoms with Crippen LogP contribution in [0.5, 0.6) is 5.75 Å². The number of methoxy groups -OCH3 is 1. The van der Waals surface area contributed by atoms with Gasteiger partial charge in [-0.05, 0) is 41.8 Å². The Hall–Kier alpha value is -3.89. The molecule has 3 aromatic carbocycles. The summed E-state index contributed by atoms with van der Waals surface area (Å²) in [5.41, 5.74) is 8.09. The standard InChI is InChI=1S/C29H31N3O6S.ClH/c1-37-27(33)18-23-17-24(32(29(23)34)15-16-39(35,36)26-5-3-2-4-6-26)19-38-25-13-11-21(12-14-25)20-7-9-22(10-8-20)28(30)31;/h2-14,23-24H,15-19H2,1H3,(H3,30,31);1H/t23-,24-;/m0./s1. The summed E-state index contributed by atoms with van der Waals surface area (Å²) in [7, 11) is -2.32. The van der Waals surface area contributed by atoms with Gasteiger partial charge in [0.25, 0.3) is 0 Å². The van der Waals surface area contributed by atoms with Gasteiger partial charge < -0.3 is 20.1 Å². The van der Waals surface area contributed by atoms with E-state index < -0.39 is 27.8 Å². The number of sulfone groups is 1. The topological polar surface area (TPSA) is 140 Å². The Morgan fingerprint density at radius 2 is 1.60 bits per heavy atom. The van der Waals surface area contributed by atoms with E-state index in [0.717, 1.165) is 11.1 Å². The van der Waals surface area contributed by atoms with Crippen LogP contribution in [0.1, 0.15) is 18.4 Å². The summed E-state index contributed by atoms with van der Waals surface area (Å²) in [6, 6.07) is 22.5. The van der Waals surface area contributed by atoms with Crippen molar-refractivity contribution in [1.29, 1.82) is 5.41 Å². The van der Waals surface area contributed by atoms with Gasteiger partial charge in [0.2, 0.25) is 5.91 Å². The Balaban J connectivity index is 0.00000441. The van der Waals surface area contributed by atoms with E-state index in [1.165, 1.54) is 24.1 Å². The summed E-state index contributed by atoms with van der Waals surface area (Å²) < 4.78 is 36.4. The van der Waals surface area contributed by atoms with Gasteiger partial charge >= 0.3 is 5.97 Å². The van der Waals surface area contributed by atoms with Gasteiger partial charge in [-0.2, -0.15) is 0 Å². The summed E-state index contributed by atoms with van der Waals surface area (Å²) in [5, 5.41) is 7.52. The lowest BCUT2D eigenvalue weighted by atomic mass is 10.0. The molecule has 9 nitrogen and oxygen atoms in total.